The number of piperidine rings is 1. The maximum Gasteiger partial charge on any atom is 0.310 e. The molecule has 4 nitrogen and oxygen atoms in total. The van der Waals surface area contributed by atoms with Crippen LogP contribution in [-0.2, 0) is 9.53 Å². The van der Waals surface area contributed by atoms with E-state index in [0.717, 1.165) is 19.4 Å². The molecule has 1 aliphatic rings. The highest BCUT2D eigenvalue weighted by Crippen LogP contribution is 2.15. The highest BCUT2D eigenvalue weighted by atomic mass is 35.5. The molecule has 98 valence electrons. The first-order valence-electron chi connectivity index (χ1n) is 5.26. The number of nitrogens with two attached hydrogens (primary N) is 1. The minimum absolute atomic E-state index is 0. The third-order valence-electron chi connectivity index (χ3n) is 2.35. The maximum atomic E-state index is 11.5. The molecule has 1 unspecified atom stereocenters. The van der Waals surface area contributed by atoms with Crippen LogP contribution in [0.2, 0.25) is 0 Å². The number of halogens is 2. The van der Waals surface area contributed by atoms with Crippen molar-refractivity contribution in [3.8, 4) is 0 Å². The van der Waals surface area contributed by atoms with Gasteiger partial charge in [-0.25, -0.2) is 5.01 Å². The molecule has 1 aliphatic heterocycles. The van der Waals surface area contributed by atoms with Gasteiger partial charge in [0.25, 0.3) is 0 Å². The van der Waals surface area contributed by atoms with Crippen molar-refractivity contribution >= 4 is 30.8 Å². The Kier molecular flexibility index (Phi) is 10.4. The quantitative estimate of drug-likeness (QED) is 0.627. The average molecular weight is 273 g/mol. The molecule has 1 rings (SSSR count). The summed E-state index contributed by atoms with van der Waals surface area (Å²) >= 11 is 0. The highest BCUT2D eigenvalue weighted by Gasteiger charge is 2.25. The SMILES string of the molecule is CC(C)COC(=O)C1CCCN(N)C1.Cl.Cl. The van der Waals surface area contributed by atoms with Gasteiger partial charge in [0.15, 0.2) is 0 Å². The molecule has 1 fully saturated rings. The van der Waals surface area contributed by atoms with Gasteiger partial charge in [-0.1, -0.05) is 13.8 Å². The van der Waals surface area contributed by atoms with Crippen LogP contribution < -0.4 is 5.84 Å². The van der Waals surface area contributed by atoms with Gasteiger partial charge in [-0.3, -0.25) is 10.6 Å². The molecule has 1 saturated heterocycles. The zero-order chi connectivity index (χ0) is 10.6. The molecule has 1 atom stereocenters. The summed E-state index contributed by atoms with van der Waals surface area (Å²) in [5.41, 5.74) is 0. The lowest BCUT2D eigenvalue weighted by Gasteiger charge is -2.27. The van der Waals surface area contributed by atoms with Crippen LogP contribution in [0.25, 0.3) is 0 Å². The summed E-state index contributed by atoms with van der Waals surface area (Å²) < 4.78 is 5.17. The number of hydrogen-bond donors (Lipinski definition) is 1. The van der Waals surface area contributed by atoms with Crippen molar-refractivity contribution in [3.05, 3.63) is 0 Å². The molecule has 0 aromatic heterocycles. The molecule has 6 heteroatoms. The van der Waals surface area contributed by atoms with E-state index in [1.807, 2.05) is 13.8 Å². The molecule has 0 radical (unpaired) electrons. The predicted molar refractivity (Wildman–Crippen MR) is 68.8 cm³/mol. The van der Waals surface area contributed by atoms with Gasteiger partial charge in [0.1, 0.15) is 0 Å². The lowest BCUT2D eigenvalue weighted by atomic mass is 9.99. The number of carbonyl (C=O) groups is 1. The van der Waals surface area contributed by atoms with Crippen LogP contribution in [0.3, 0.4) is 0 Å². The Morgan fingerprint density at radius 2 is 2.12 bits per heavy atom. The Morgan fingerprint density at radius 3 is 2.62 bits per heavy atom. The van der Waals surface area contributed by atoms with Gasteiger partial charge in [0, 0.05) is 13.1 Å². The lowest BCUT2D eigenvalue weighted by Crippen LogP contribution is -2.43. The summed E-state index contributed by atoms with van der Waals surface area (Å²) in [4.78, 5) is 11.5. The van der Waals surface area contributed by atoms with Gasteiger partial charge in [0.05, 0.1) is 12.5 Å². The molecule has 0 aliphatic carbocycles. The van der Waals surface area contributed by atoms with Crippen LogP contribution >= 0.6 is 24.8 Å². The van der Waals surface area contributed by atoms with Crippen molar-refractivity contribution in [2.45, 2.75) is 26.7 Å². The van der Waals surface area contributed by atoms with Crippen molar-refractivity contribution in [1.82, 2.24) is 5.01 Å². The van der Waals surface area contributed by atoms with Gasteiger partial charge in [-0.05, 0) is 18.8 Å². The number of hydrazine groups is 1. The van der Waals surface area contributed by atoms with Gasteiger partial charge >= 0.3 is 5.97 Å². The van der Waals surface area contributed by atoms with Gasteiger partial charge in [-0.2, -0.15) is 0 Å². The van der Waals surface area contributed by atoms with E-state index in [2.05, 4.69) is 0 Å². The number of carbonyl (C=O) groups excluding carboxylic acids is 1. The minimum atomic E-state index is -0.0890. The molecule has 0 bridgehead atoms. The zero-order valence-corrected chi connectivity index (χ0v) is 11.5. The van der Waals surface area contributed by atoms with E-state index < -0.39 is 0 Å². The molecule has 2 N–H and O–H groups in total. The fourth-order valence-corrected chi connectivity index (χ4v) is 1.57. The smallest absolute Gasteiger partial charge is 0.310 e. The lowest BCUT2D eigenvalue weighted by molar-refractivity contribution is -0.151. The molecule has 0 aromatic rings. The van der Waals surface area contributed by atoms with E-state index in [-0.39, 0.29) is 36.7 Å². The van der Waals surface area contributed by atoms with Gasteiger partial charge in [-0.15, -0.1) is 24.8 Å². The summed E-state index contributed by atoms with van der Waals surface area (Å²) in [5, 5.41) is 1.70. The van der Waals surface area contributed by atoms with Crippen LogP contribution in [0.5, 0.6) is 0 Å². The number of esters is 1. The first-order chi connectivity index (χ1) is 6.59. The van der Waals surface area contributed by atoms with Crippen LogP contribution in [0.4, 0.5) is 0 Å². The molecule has 0 saturated carbocycles. The van der Waals surface area contributed by atoms with Gasteiger partial charge < -0.3 is 4.74 Å². The zero-order valence-electron chi connectivity index (χ0n) is 9.85. The second-order valence-electron chi connectivity index (χ2n) is 4.36. The standard InChI is InChI=1S/C10H20N2O2.2ClH/c1-8(2)7-14-10(13)9-4-3-5-12(11)6-9;;/h8-9H,3-7,11H2,1-2H3;2*1H. The van der Waals surface area contributed by atoms with Crippen molar-refractivity contribution < 1.29 is 9.53 Å². The second-order valence-corrected chi connectivity index (χ2v) is 4.36. The predicted octanol–water partition coefficient (Wildman–Crippen LogP) is 1.61. The van der Waals surface area contributed by atoms with Crippen LogP contribution in [0.15, 0.2) is 0 Å². The Bertz CT molecular complexity index is 203. The number of rotatable bonds is 3. The number of ether oxygens (including phenoxy) is 1. The molecule has 1 heterocycles. The maximum absolute atomic E-state index is 11.5. The fourth-order valence-electron chi connectivity index (χ4n) is 1.57. The minimum Gasteiger partial charge on any atom is -0.465 e. The van der Waals surface area contributed by atoms with Crippen LogP contribution in [0.1, 0.15) is 26.7 Å². The summed E-state index contributed by atoms with van der Waals surface area (Å²) in [6.45, 7) is 6.09. The molecule has 0 amide bonds. The number of nitrogens with zero attached hydrogens (tertiary/aromatic N) is 1. The van der Waals surface area contributed by atoms with Crippen molar-refractivity contribution in [2.75, 3.05) is 19.7 Å². The van der Waals surface area contributed by atoms with Crippen molar-refractivity contribution in [2.24, 2.45) is 17.7 Å². The fraction of sp³-hybridized carbons (Fsp3) is 0.900. The van der Waals surface area contributed by atoms with Crippen molar-refractivity contribution in [3.63, 3.8) is 0 Å². The topological polar surface area (TPSA) is 55.6 Å². The normalized spacial score (nSPS) is 20.9. The number of hydrogen-bond acceptors (Lipinski definition) is 4. The summed E-state index contributed by atoms with van der Waals surface area (Å²) in [7, 11) is 0. The van der Waals surface area contributed by atoms with E-state index in [1.54, 1.807) is 5.01 Å². The summed E-state index contributed by atoms with van der Waals surface area (Å²) in [5.74, 6) is 5.93. The third-order valence-corrected chi connectivity index (χ3v) is 2.35. The Hall–Kier alpha value is -0.0300. The average Bonchev–Trinajstić information content (AvgIpc) is 2.14. The largest absolute Gasteiger partial charge is 0.465 e. The van der Waals surface area contributed by atoms with E-state index in [0.29, 0.717) is 19.1 Å². The van der Waals surface area contributed by atoms with Crippen molar-refractivity contribution in [1.29, 1.82) is 0 Å². The van der Waals surface area contributed by atoms with Crippen LogP contribution in [0, 0.1) is 11.8 Å². The summed E-state index contributed by atoms with van der Waals surface area (Å²) in [6, 6.07) is 0. The Morgan fingerprint density at radius 1 is 1.50 bits per heavy atom. The van der Waals surface area contributed by atoms with E-state index in [1.165, 1.54) is 0 Å². The van der Waals surface area contributed by atoms with E-state index in [4.69, 9.17) is 10.6 Å². The Balaban J connectivity index is 0. The first-order valence-corrected chi connectivity index (χ1v) is 5.26. The monoisotopic (exact) mass is 272 g/mol. The highest BCUT2D eigenvalue weighted by molar-refractivity contribution is 5.85. The van der Waals surface area contributed by atoms with Crippen LogP contribution in [-0.4, -0.2) is 30.7 Å². The molecule has 0 aromatic carbocycles. The molecular formula is C10H22Cl2N2O2. The Labute approximate surface area is 110 Å². The molecule has 0 spiro atoms. The molecule has 16 heavy (non-hydrogen) atoms. The summed E-state index contributed by atoms with van der Waals surface area (Å²) in [6.07, 6.45) is 1.89. The van der Waals surface area contributed by atoms with E-state index >= 15 is 0 Å². The van der Waals surface area contributed by atoms with Gasteiger partial charge in [0.2, 0.25) is 0 Å². The van der Waals surface area contributed by atoms with E-state index in [9.17, 15) is 4.79 Å². The molecular weight excluding hydrogens is 251 g/mol. The first kappa shape index (κ1) is 18.3. The third kappa shape index (κ3) is 6.53. The second kappa shape index (κ2) is 9.05.